The van der Waals surface area contributed by atoms with Crippen LogP contribution in [0.1, 0.15) is 42.3 Å². The van der Waals surface area contributed by atoms with Crippen molar-refractivity contribution >= 4 is 14.1 Å². The number of hydrogen-bond donors (Lipinski definition) is 1. The average Bonchev–Trinajstić information content (AvgIpc) is 2.78. The monoisotopic (exact) mass is 340 g/mol. The van der Waals surface area contributed by atoms with Crippen molar-refractivity contribution in [2.24, 2.45) is 0 Å². The maximum Gasteiger partial charge on any atom is 0.194 e. The lowest BCUT2D eigenvalue weighted by atomic mass is 10.0. The number of benzene rings is 2. The van der Waals surface area contributed by atoms with E-state index in [1.165, 1.54) is 0 Å². The third-order valence-electron chi connectivity index (χ3n) is 5.29. The van der Waals surface area contributed by atoms with Crippen LogP contribution in [0.25, 0.3) is 11.1 Å². The summed E-state index contributed by atoms with van der Waals surface area (Å²) < 4.78 is 6.25. The maximum atomic E-state index is 12.6. The van der Waals surface area contributed by atoms with E-state index in [2.05, 4.69) is 33.9 Å². The summed E-state index contributed by atoms with van der Waals surface area (Å²) in [6.45, 7) is 11.6. The van der Waals surface area contributed by atoms with E-state index in [1.54, 1.807) is 18.2 Å². The van der Waals surface area contributed by atoms with Crippen LogP contribution in [0.3, 0.4) is 0 Å². The van der Waals surface area contributed by atoms with Gasteiger partial charge in [-0.15, -0.1) is 0 Å². The lowest BCUT2D eigenvalue weighted by Crippen LogP contribution is -2.40. The lowest BCUT2D eigenvalue weighted by molar-refractivity contribution is 0.104. The van der Waals surface area contributed by atoms with Crippen LogP contribution in [-0.2, 0) is 11.0 Å². The standard InChI is InChI=1S/C20H24O3Si/c1-20(2,3)24(4,5)23-12-13-9-10-14-16(11-13)19(22)15-7-6-8-17(21)18(14)15/h6-11,21H,12H2,1-5H3. The zero-order valence-electron chi connectivity index (χ0n) is 14.9. The highest BCUT2D eigenvalue weighted by Crippen LogP contribution is 2.42. The molecule has 0 unspecified atom stereocenters. The van der Waals surface area contributed by atoms with E-state index in [9.17, 15) is 9.90 Å². The van der Waals surface area contributed by atoms with Gasteiger partial charge in [0.25, 0.3) is 0 Å². The summed E-state index contributed by atoms with van der Waals surface area (Å²) in [6.07, 6.45) is 0. The molecule has 1 aliphatic rings. The van der Waals surface area contributed by atoms with Crippen LogP contribution < -0.4 is 0 Å². The quantitative estimate of drug-likeness (QED) is 0.673. The Labute approximate surface area is 144 Å². The second-order valence-electron chi connectivity index (χ2n) is 7.96. The molecule has 0 heterocycles. The Balaban J connectivity index is 1.90. The Morgan fingerprint density at radius 2 is 1.75 bits per heavy atom. The molecule has 126 valence electrons. The van der Waals surface area contributed by atoms with Crippen LogP contribution in [0.2, 0.25) is 18.1 Å². The molecule has 3 nitrogen and oxygen atoms in total. The van der Waals surface area contributed by atoms with E-state index in [4.69, 9.17) is 4.43 Å². The molecule has 24 heavy (non-hydrogen) atoms. The molecule has 4 heteroatoms. The Hall–Kier alpha value is -1.91. The number of phenolic OH excluding ortho intramolecular Hbond substituents is 1. The predicted octanol–water partition coefficient (Wildman–Crippen LogP) is 5.13. The third-order valence-corrected chi connectivity index (χ3v) is 9.77. The Kier molecular flexibility index (Phi) is 3.93. The van der Waals surface area contributed by atoms with Crippen LogP contribution in [0.4, 0.5) is 0 Å². The fourth-order valence-electron chi connectivity index (χ4n) is 2.72. The van der Waals surface area contributed by atoms with Gasteiger partial charge in [0.15, 0.2) is 14.1 Å². The number of carbonyl (C=O) groups is 1. The molecule has 0 saturated carbocycles. The van der Waals surface area contributed by atoms with Gasteiger partial charge >= 0.3 is 0 Å². The zero-order chi connectivity index (χ0) is 17.7. The number of carbonyl (C=O) groups excluding carboxylic acids is 1. The Bertz CT molecular complexity index is 816. The minimum absolute atomic E-state index is 0.0231. The van der Waals surface area contributed by atoms with Gasteiger partial charge in [0.05, 0.1) is 6.61 Å². The molecule has 0 fully saturated rings. The van der Waals surface area contributed by atoms with Crippen molar-refractivity contribution in [3.63, 3.8) is 0 Å². The highest BCUT2D eigenvalue weighted by Gasteiger charge is 2.37. The van der Waals surface area contributed by atoms with Crippen molar-refractivity contribution in [2.75, 3.05) is 0 Å². The Morgan fingerprint density at radius 1 is 1.04 bits per heavy atom. The van der Waals surface area contributed by atoms with Gasteiger partial charge in [-0.3, -0.25) is 4.79 Å². The maximum absolute atomic E-state index is 12.6. The number of fused-ring (bicyclic) bond motifs is 3. The smallest absolute Gasteiger partial charge is 0.194 e. The van der Waals surface area contributed by atoms with Crippen molar-refractivity contribution < 1.29 is 14.3 Å². The molecule has 0 spiro atoms. The number of rotatable bonds is 3. The van der Waals surface area contributed by atoms with Crippen molar-refractivity contribution in [1.82, 2.24) is 0 Å². The fraction of sp³-hybridized carbons (Fsp3) is 0.350. The van der Waals surface area contributed by atoms with E-state index in [0.717, 1.165) is 11.1 Å². The molecule has 2 aromatic rings. The second kappa shape index (κ2) is 5.57. The third kappa shape index (κ3) is 2.70. The van der Waals surface area contributed by atoms with Gasteiger partial charge < -0.3 is 9.53 Å². The molecular formula is C20H24O3Si. The van der Waals surface area contributed by atoms with Crippen molar-refractivity contribution in [2.45, 2.75) is 45.5 Å². The summed E-state index contributed by atoms with van der Waals surface area (Å²) in [7, 11) is -1.83. The van der Waals surface area contributed by atoms with Crippen molar-refractivity contribution in [3.05, 3.63) is 53.1 Å². The molecule has 0 amide bonds. The highest BCUT2D eigenvalue weighted by molar-refractivity contribution is 6.74. The van der Waals surface area contributed by atoms with Gasteiger partial charge in [-0.25, -0.2) is 0 Å². The minimum atomic E-state index is -1.83. The first-order valence-electron chi connectivity index (χ1n) is 8.26. The minimum Gasteiger partial charge on any atom is -0.507 e. The van der Waals surface area contributed by atoms with Crippen LogP contribution in [0, 0.1) is 0 Å². The molecule has 1 aliphatic carbocycles. The number of ketones is 1. The number of aromatic hydroxyl groups is 1. The average molecular weight is 340 g/mol. The van der Waals surface area contributed by atoms with Gasteiger partial charge in [-0.2, -0.15) is 0 Å². The Morgan fingerprint density at radius 3 is 2.42 bits per heavy atom. The first-order chi connectivity index (χ1) is 11.1. The van der Waals surface area contributed by atoms with Gasteiger partial charge in [-0.05, 0) is 41.4 Å². The van der Waals surface area contributed by atoms with Gasteiger partial charge in [0.1, 0.15) is 5.75 Å². The largest absolute Gasteiger partial charge is 0.507 e. The SMILES string of the molecule is CC(C)(C)[Si](C)(C)OCc1ccc2c(c1)C(=O)c1cccc(O)c1-2. The van der Waals surface area contributed by atoms with Crippen LogP contribution in [0.5, 0.6) is 5.75 Å². The highest BCUT2D eigenvalue weighted by atomic mass is 28.4. The van der Waals surface area contributed by atoms with E-state index in [1.807, 2.05) is 18.2 Å². The lowest BCUT2D eigenvalue weighted by Gasteiger charge is -2.36. The van der Waals surface area contributed by atoms with Crippen LogP contribution >= 0.6 is 0 Å². The molecule has 0 bridgehead atoms. The van der Waals surface area contributed by atoms with E-state index in [-0.39, 0.29) is 16.6 Å². The predicted molar refractivity (Wildman–Crippen MR) is 99.0 cm³/mol. The summed E-state index contributed by atoms with van der Waals surface area (Å²) in [6, 6.07) is 10.9. The van der Waals surface area contributed by atoms with E-state index >= 15 is 0 Å². The van der Waals surface area contributed by atoms with E-state index < -0.39 is 8.32 Å². The molecule has 3 rings (SSSR count). The molecular weight excluding hydrogens is 316 g/mol. The van der Waals surface area contributed by atoms with Gasteiger partial charge in [0, 0.05) is 16.7 Å². The molecule has 0 aromatic heterocycles. The second-order valence-corrected chi connectivity index (χ2v) is 12.8. The van der Waals surface area contributed by atoms with Crippen LogP contribution in [-0.4, -0.2) is 19.2 Å². The summed E-state index contributed by atoms with van der Waals surface area (Å²) >= 11 is 0. The first kappa shape index (κ1) is 16.9. The van der Waals surface area contributed by atoms with Gasteiger partial charge in [0.2, 0.25) is 0 Å². The molecule has 0 atom stereocenters. The molecule has 0 radical (unpaired) electrons. The first-order valence-corrected chi connectivity index (χ1v) is 11.2. The molecule has 0 saturated heterocycles. The fourth-order valence-corrected chi connectivity index (χ4v) is 3.69. The zero-order valence-corrected chi connectivity index (χ0v) is 15.9. The van der Waals surface area contributed by atoms with Crippen LogP contribution in [0.15, 0.2) is 36.4 Å². The summed E-state index contributed by atoms with van der Waals surface area (Å²) in [5.41, 5.74) is 3.69. The summed E-state index contributed by atoms with van der Waals surface area (Å²) in [5, 5.41) is 10.2. The normalized spacial score (nSPS) is 13.8. The molecule has 2 aromatic carbocycles. The van der Waals surface area contributed by atoms with Crippen molar-refractivity contribution in [3.8, 4) is 16.9 Å². The van der Waals surface area contributed by atoms with Gasteiger partial charge in [-0.1, -0.05) is 45.0 Å². The summed E-state index contributed by atoms with van der Waals surface area (Å²) in [5.74, 6) is 0.134. The van der Waals surface area contributed by atoms with Crippen molar-refractivity contribution in [1.29, 1.82) is 0 Å². The molecule has 1 N–H and O–H groups in total. The topological polar surface area (TPSA) is 46.5 Å². The summed E-state index contributed by atoms with van der Waals surface area (Å²) in [4.78, 5) is 12.6. The number of hydrogen-bond acceptors (Lipinski definition) is 3. The molecule has 0 aliphatic heterocycles. The number of phenols is 1. The van der Waals surface area contributed by atoms with E-state index in [0.29, 0.717) is 23.3 Å².